The molecule has 1 saturated heterocycles. The zero-order valence-electron chi connectivity index (χ0n) is 16.9. The summed E-state index contributed by atoms with van der Waals surface area (Å²) in [5.41, 5.74) is 2.31. The van der Waals surface area contributed by atoms with Crippen LogP contribution in [0.2, 0.25) is 0 Å². The number of fused-ring (bicyclic) bond motifs is 3. The third-order valence-corrected chi connectivity index (χ3v) is 7.61. The highest BCUT2D eigenvalue weighted by Crippen LogP contribution is 2.43. The van der Waals surface area contributed by atoms with Crippen molar-refractivity contribution >= 4 is 15.7 Å². The Kier molecular flexibility index (Phi) is 6.09. The molecular formula is C22H26F2N2O3S. The third kappa shape index (κ3) is 4.08. The maximum atomic E-state index is 13.1. The second-order valence-corrected chi connectivity index (χ2v) is 9.71. The third-order valence-electron chi connectivity index (χ3n) is 6.01. The minimum Gasteiger partial charge on any atom is -0.302 e. The van der Waals surface area contributed by atoms with Crippen LogP contribution in [0, 0.1) is 5.92 Å². The zero-order chi connectivity index (χ0) is 21.3. The SMILES string of the molecule is CCCN1CC2CCc3cc(N(OC(F)F)S(=O)(=O)c4ccccc4)ccc3C2C1. The number of rotatable bonds is 7. The molecule has 1 fully saturated rings. The molecule has 0 radical (unpaired) electrons. The van der Waals surface area contributed by atoms with E-state index in [2.05, 4.69) is 16.7 Å². The van der Waals surface area contributed by atoms with Crippen LogP contribution in [0.5, 0.6) is 0 Å². The summed E-state index contributed by atoms with van der Waals surface area (Å²) >= 11 is 0. The van der Waals surface area contributed by atoms with Gasteiger partial charge in [0.2, 0.25) is 0 Å². The summed E-state index contributed by atoms with van der Waals surface area (Å²) in [5, 5.41) is 0. The highest BCUT2D eigenvalue weighted by Gasteiger charge is 2.38. The molecule has 4 rings (SSSR count). The van der Waals surface area contributed by atoms with Gasteiger partial charge >= 0.3 is 6.61 Å². The number of sulfonamides is 1. The first-order valence-corrected chi connectivity index (χ1v) is 11.7. The fourth-order valence-corrected chi connectivity index (χ4v) is 6.01. The van der Waals surface area contributed by atoms with Crippen molar-refractivity contribution in [2.24, 2.45) is 5.92 Å². The summed E-state index contributed by atoms with van der Waals surface area (Å²) in [6, 6.07) is 12.6. The summed E-state index contributed by atoms with van der Waals surface area (Å²) in [6.07, 6.45) is 2.93. The Labute approximate surface area is 176 Å². The minimum atomic E-state index is -4.29. The molecule has 8 heteroatoms. The Morgan fingerprint density at radius 3 is 2.63 bits per heavy atom. The van der Waals surface area contributed by atoms with Crippen LogP contribution < -0.4 is 4.47 Å². The Bertz CT molecular complexity index is 985. The first kappa shape index (κ1) is 21.2. The minimum absolute atomic E-state index is 0.0970. The number of nitrogens with zero attached hydrogens (tertiary/aromatic N) is 2. The number of likely N-dealkylation sites (tertiary alicyclic amines) is 1. The van der Waals surface area contributed by atoms with Gasteiger partial charge in [0, 0.05) is 19.0 Å². The van der Waals surface area contributed by atoms with Gasteiger partial charge in [-0.25, -0.2) is 0 Å². The van der Waals surface area contributed by atoms with Crippen molar-refractivity contribution in [3.63, 3.8) is 0 Å². The highest BCUT2D eigenvalue weighted by atomic mass is 32.2. The van der Waals surface area contributed by atoms with Crippen molar-refractivity contribution < 1.29 is 22.0 Å². The van der Waals surface area contributed by atoms with Gasteiger partial charge in [0.1, 0.15) is 0 Å². The van der Waals surface area contributed by atoms with Gasteiger partial charge in [0.05, 0.1) is 10.6 Å². The summed E-state index contributed by atoms with van der Waals surface area (Å²) < 4.78 is 52.6. The van der Waals surface area contributed by atoms with E-state index >= 15 is 0 Å². The molecule has 0 bridgehead atoms. The molecule has 1 aliphatic carbocycles. The van der Waals surface area contributed by atoms with E-state index in [0.717, 1.165) is 44.5 Å². The molecule has 5 nitrogen and oxygen atoms in total. The number of aryl methyl sites for hydroxylation is 1. The lowest BCUT2D eigenvalue weighted by Crippen LogP contribution is -2.33. The lowest BCUT2D eigenvalue weighted by molar-refractivity contribution is -0.123. The second kappa shape index (κ2) is 8.61. The molecule has 2 atom stereocenters. The normalized spacial score (nSPS) is 21.5. The molecule has 1 aliphatic heterocycles. The average Bonchev–Trinajstić information content (AvgIpc) is 3.15. The van der Waals surface area contributed by atoms with Crippen LogP contribution in [-0.2, 0) is 21.3 Å². The van der Waals surface area contributed by atoms with Crippen LogP contribution in [0.1, 0.15) is 36.8 Å². The molecule has 2 aliphatic rings. The monoisotopic (exact) mass is 436 g/mol. The first-order chi connectivity index (χ1) is 14.4. The van der Waals surface area contributed by atoms with Gasteiger partial charge in [-0.1, -0.05) is 31.2 Å². The number of benzene rings is 2. The molecule has 0 aromatic heterocycles. The second-order valence-electron chi connectivity index (χ2n) is 7.96. The summed E-state index contributed by atoms with van der Waals surface area (Å²) in [7, 11) is -4.29. The van der Waals surface area contributed by atoms with Crippen LogP contribution >= 0.6 is 0 Å². The number of anilines is 1. The number of halogens is 2. The molecule has 0 N–H and O–H groups in total. The lowest BCUT2D eigenvalue weighted by atomic mass is 9.77. The van der Waals surface area contributed by atoms with Crippen molar-refractivity contribution in [1.82, 2.24) is 4.90 Å². The quantitative estimate of drug-likeness (QED) is 0.604. The largest absolute Gasteiger partial charge is 0.366 e. The van der Waals surface area contributed by atoms with Crippen LogP contribution in [-0.4, -0.2) is 39.6 Å². The van der Waals surface area contributed by atoms with E-state index in [0.29, 0.717) is 16.3 Å². The summed E-state index contributed by atoms with van der Waals surface area (Å²) in [5.74, 6) is 1.00. The summed E-state index contributed by atoms with van der Waals surface area (Å²) in [6.45, 7) is 2.06. The molecule has 0 spiro atoms. The number of hydrogen-bond acceptors (Lipinski definition) is 4. The summed E-state index contributed by atoms with van der Waals surface area (Å²) in [4.78, 5) is 6.86. The van der Waals surface area contributed by atoms with Crippen molar-refractivity contribution in [1.29, 1.82) is 0 Å². The maximum Gasteiger partial charge on any atom is 0.366 e. The molecule has 0 saturated carbocycles. The zero-order valence-corrected chi connectivity index (χ0v) is 17.7. The Morgan fingerprint density at radius 1 is 1.17 bits per heavy atom. The number of hydrogen-bond donors (Lipinski definition) is 0. The maximum absolute atomic E-state index is 13.1. The molecule has 162 valence electrons. The smallest absolute Gasteiger partial charge is 0.302 e. The fourth-order valence-electron chi connectivity index (χ4n) is 4.75. The predicted molar refractivity (Wildman–Crippen MR) is 111 cm³/mol. The van der Waals surface area contributed by atoms with E-state index in [-0.39, 0.29) is 10.6 Å². The molecule has 2 aromatic rings. The number of alkyl halides is 2. The van der Waals surface area contributed by atoms with Crippen molar-refractivity contribution in [3.8, 4) is 0 Å². The van der Waals surface area contributed by atoms with Gasteiger partial charge in [-0.05, 0) is 67.1 Å². The Morgan fingerprint density at radius 2 is 1.93 bits per heavy atom. The van der Waals surface area contributed by atoms with Gasteiger partial charge in [-0.3, -0.25) is 0 Å². The van der Waals surface area contributed by atoms with Crippen molar-refractivity contribution in [3.05, 3.63) is 59.7 Å². The van der Waals surface area contributed by atoms with Crippen LogP contribution in [0.3, 0.4) is 0 Å². The molecule has 2 aromatic carbocycles. The van der Waals surface area contributed by atoms with Crippen LogP contribution in [0.25, 0.3) is 0 Å². The van der Waals surface area contributed by atoms with Crippen LogP contribution in [0.4, 0.5) is 14.5 Å². The van der Waals surface area contributed by atoms with Crippen molar-refractivity contribution in [2.45, 2.75) is 43.6 Å². The lowest BCUT2D eigenvalue weighted by Gasteiger charge is -2.29. The first-order valence-electron chi connectivity index (χ1n) is 10.3. The van der Waals surface area contributed by atoms with Gasteiger partial charge in [0.25, 0.3) is 10.0 Å². The van der Waals surface area contributed by atoms with E-state index in [9.17, 15) is 17.2 Å². The van der Waals surface area contributed by atoms with E-state index in [1.165, 1.54) is 17.7 Å². The van der Waals surface area contributed by atoms with E-state index in [1.807, 2.05) is 6.07 Å². The van der Waals surface area contributed by atoms with Gasteiger partial charge in [-0.15, -0.1) is 4.47 Å². The van der Waals surface area contributed by atoms with E-state index in [1.54, 1.807) is 30.3 Å². The van der Waals surface area contributed by atoms with E-state index < -0.39 is 16.6 Å². The molecular weight excluding hydrogens is 410 g/mol. The molecule has 30 heavy (non-hydrogen) atoms. The Hall–Kier alpha value is -2.03. The highest BCUT2D eigenvalue weighted by molar-refractivity contribution is 7.92. The van der Waals surface area contributed by atoms with Gasteiger partial charge < -0.3 is 4.90 Å². The van der Waals surface area contributed by atoms with Crippen LogP contribution in [0.15, 0.2) is 53.4 Å². The van der Waals surface area contributed by atoms with Gasteiger partial charge in [0.15, 0.2) is 0 Å². The standard InChI is InChI=1S/C22H26F2N2O3S/c1-2-12-25-14-17-9-8-16-13-18(10-11-20(16)21(17)15-25)26(29-22(23)24)30(27,28)19-6-4-3-5-7-19/h3-7,10-11,13,17,21-22H,2,8-9,12,14-15H2,1H3. The van der Waals surface area contributed by atoms with Gasteiger partial charge in [-0.2, -0.15) is 22.0 Å². The van der Waals surface area contributed by atoms with Crippen molar-refractivity contribution in [2.75, 3.05) is 24.1 Å². The molecule has 0 amide bonds. The predicted octanol–water partition coefficient (Wildman–Crippen LogP) is 4.41. The van der Waals surface area contributed by atoms with E-state index in [4.69, 9.17) is 0 Å². The molecule has 2 unspecified atom stereocenters. The topological polar surface area (TPSA) is 49.9 Å². The molecule has 1 heterocycles. The fraction of sp³-hybridized carbons (Fsp3) is 0.455. The Balaban J connectivity index is 1.67. The average molecular weight is 437 g/mol.